The molecule has 3 rings (SSSR count). The predicted molar refractivity (Wildman–Crippen MR) is 97.4 cm³/mol. The van der Waals surface area contributed by atoms with Gasteiger partial charge in [0.15, 0.2) is 0 Å². The van der Waals surface area contributed by atoms with Crippen LogP contribution in [-0.4, -0.2) is 42.0 Å². The molecule has 25 heavy (non-hydrogen) atoms. The molecule has 1 amide bonds. The molecule has 5 nitrogen and oxygen atoms in total. The summed E-state index contributed by atoms with van der Waals surface area (Å²) >= 11 is 0. The number of piperazine rings is 1. The van der Waals surface area contributed by atoms with Crippen LogP contribution in [0.3, 0.4) is 0 Å². The zero-order valence-corrected chi connectivity index (χ0v) is 14.7. The van der Waals surface area contributed by atoms with E-state index in [1.54, 1.807) is 0 Å². The molecular weight excluding hydrogens is 312 g/mol. The summed E-state index contributed by atoms with van der Waals surface area (Å²) in [5, 5.41) is 9.13. The molecule has 0 radical (unpaired) electrons. The highest BCUT2D eigenvalue weighted by molar-refractivity contribution is 5.79. The molecule has 0 saturated carbocycles. The Balaban J connectivity index is 1.61. The van der Waals surface area contributed by atoms with Gasteiger partial charge in [-0.2, -0.15) is 5.26 Å². The molecule has 0 N–H and O–H groups in total. The summed E-state index contributed by atoms with van der Waals surface area (Å²) < 4.78 is 0. The molecule has 0 unspecified atom stereocenters. The quantitative estimate of drug-likeness (QED) is 0.865. The Morgan fingerprint density at radius 1 is 1.08 bits per heavy atom. The summed E-state index contributed by atoms with van der Waals surface area (Å²) in [6.45, 7) is 6.76. The molecule has 0 atom stereocenters. The van der Waals surface area contributed by atoms with Crippen LogP contribution in [0.25, 0.3) is 0 Å². The first-order valence-corrected chi connectivity index (χ1v) is 8.53. The molecule has 2 aromatic rings. The number of pyridine rings is 1. The van der Waals surface area contributed by atoms with Crippen LogP contribution in [-0.2, 0) is 11.2 Å². The van der Waals surface area contributed by atoms with Crippen molar-refractivity contribution in [2.75, 3.05) is 31.1 Å². The summed E-state index contributed by atoms with van der Waals surface area (Å²) in [6, 6.07) is 14.0. The first kappa shape index (κ1) is 17.0. The fourth-order valence-electron chi connectivity index (χ4n) is 3.08. The standard InChI is InChI=1S/C20H22N4O/c1-15-5-3-4-6-17(15)13-20(25)24-11-9-23(10-12-24)19-8-7-16(2)18(14-21)22-19/h3-8H,9-13H2,1-2H3. The molecule has 1 fully saturated rings. The van der Waals surface area contributed by atoms with Crippen molar-refractivity contribution in [3.8, 4) is 6.07 Å². The number of aryl methyl sites for hydroxylation is 2. The number of hydrogen-bond donors (Lipinski definition) is 0. The van der Waals surface area contributed by atoms with Crippen LogP contribution < -0.4 is 4.90 Å². The Morgan fingerprint density at radius 3 is 2.48 bits per heavy atom. The van der Waals surface area contributed by atoms with Crippen LogP contribution >= 0.6 is 0 Å². The Labute approximate surface area is 148 Å². The van der Waals surface area contributed by atoms with Crippen molar-refractivity contribution in [3.05, 3.63) is 58.8 Å². The molecule has 0 spiro atoms. The lowest BCUT2D eigenvalue weighted by Gasteiger charge is -2.35. The van der Waals surface area contributed by atoms with Crippen LogP contribution in [0, 0.1) is 25.2 Å². The van der Waals surface area contributed by atoms with Crippen molar-refractivity contribution in [1.82, 2.24) is 9.88 Å². The topological polar surface area (TPSA) is 60.2 Å². The van der Waals surface area contributed by atoms with Crippen molar-refractivity contribution >= 4 is 11.7 Å². The number of anilines is 1. The van der Waals surface area contributed by atoms with E-state index in [4.69, 9.17) is 5.26 Å². The average Bonchev–Trinajstić information content (AvgIpc) is 2.64. The maximum Gasteiger partial charge on any atom is 0.227 e. The molecule has 0 aliphatic carbocycles. The van der Waals surface area contributed by atoms with Crippen molar-refractivity contribution in [1.29, 1.82) is 5.26 Å². The van der Waals surface area contributed by atoms with E-state index in [0.717, 1.165) is 35.6 Å². The van der Waals surface area contributed by atoms with Crippen molar-refractivity contribution in [2.45, 2.75) is 20.3 Å². The third-order valence-electron chi connectivity index (χ3n) is 4.75. The number of nitrogens with zero attached hydrogens (tertiary/aromatic N) is 4. The summed E-state index contributed by atoms with van der Waals surface area (Å²) in [5.41, 5.74) is 3.60. The van der Waals surface area contributed by atoms with E-state index in [2.05, 4.69) is 16.0 Å². The minimum atomic E-state index is 0.170. The van der Waals surface area contributed by atoms with Crippen LogP contribution in [0.2, 0.25) is 0 Å². The third kappa shape index (κ3) is 3.80. The number of hydrogen-bond acceptors (Lipinski definition) is 4. The van der Waals surface area contributed by atoms with Crippen molar-refractivity contribution in [3.63, 3.8) is 0 Å². The predicted octanol–water partition coefficient (Wildman–Crippen LogP) is 2.46. The number of carbonyl (C=O) groups is 1. The van der Waals surface area contributed by atoms with E-state index in [9.17, 15) is 4.79 Å². The summed E-state index contributed by atoms with van der Waals surface area (Å²) in [7, 11) is 0. The lowest BCUT2D eigenvalue weighted by molar-refractivity contribution is -0.130. The zero-order chi connectivity index (χ0) is 17.8. The fraction of sp³-hybridized carbons (Fsp3) is 0.350. The van der Waals surface area contributed by atoms with E-state index < -0.39 is 0 Å². The molecule has 5 heteroatoms. The lowest BCUT2D eigenvalue weighted by Crippen LogP contribution is -2.49. The highest BCUT2D eigenvalue weighted by Gasteiger charge is 2.22. The number of amides is 1. The molecule has 2 heterocycles. The fourth-order valence-corrected chi connectivity index (χ4v) is 3.08. The second-order valence-electron chi connectivity index (χ2n) is 6.42. The number of aromatic nitrogens is 1. The van der Waals surface area contributed by atoms with E-state index >= 15 is 0 Å². The number of nitriles is 1. The second-order valence-corrected chi connectivity index (χ2v) is 6.42. The highest BCUT2D eigenvalue weighted by Crippen LogP contribution is 2.17. The van der Waals surface area contributed by atoms with Gasteiger partial charge in [0.05, 0.1) is 6.42 Å². The first-order chi connectivity index (χ1) is 12.1. The van der Waals surface area contributed by atoms with Crippen molar-refractivity contribution in [2.24, 2.45) is 0 Å². The van der Waals surface area contributed by atoms with Gasteiger partial charge in [0, 0.05) is 26.2 Å². The van der Waals surface area contributed by atoms with Gasteiger partial charge in [-0.1, -0.05) is 30.3 Å². The van der Waals surface area contributed by atoms with Crippen molar-refractivity contribution < 1.29 is 4.79 Å². The van der Waals surface area contributed by atoms with Gasteiger partial charge in [-0.15, -0.1) is 0 Å². The maximum absolute atomic E-state index is 12.6. The monoisotopic (exact) mass is 334 g/mol. The molecule has 1 saturated heterocycles. The highest BCUT2D eigenvalue weighted by atomic mass is 16.2. The Kier molecular flexibility index (Phi) is 4.99. The molecule has 128 valence electrons. The zero-order valence-electron chi connectivity index (χ0n) is 14.7. The Bertz CT molecular complexity index is 817. The van der Waals surface area contributed by atoms with Crippen LogP contribution in [0.15, 0.2) is 36.4 Å². The molecule has 1 aromatic heterocycles. The summed E-state index contributed by atoms with van der Waals surface area (Å²) in [6.07, 6.45) is 0.452. The van der Waals surface area contributed by atoms with E-state index in [-0.39, 0.29) is 5.91 Å². The molecule has 1 aliphatic rings. The normalized spacial score (nSPS) is 14.3. The number of benzene rings is 1. The van der Waals surface area contributed by atoms with E-state index in [1.807, 2.05) is 55.1 Å². The second kappa shape index (κ2) is 7.35. The van der Waals surface area contributed by atoms with Gasteiger partial charge in [0.2, 0.25) is 5.91 Å². The minimum absolute atomic E-state index is 0.170. The van der Waals surface area contributed by atoms with Gasteiger partial charge in [-0.25, -0.2) is 4.98 Å². The van der Waals surface area contributed by atoms with Gasteiger partial charge in [-0.05, 0) is 36.6 Å². The summed E-state index contributed by atoms with van der Waals surface area (Å²) in [5.74, 6) is 0.983. The maximum atomic E-state index is 12.6. The smallest absolute Gasteiger partial charge is 0.227 e. The van der Waals surface area contributed by atoms with Crippen LogP contribution in [0.1, 0.15) is 22.4 Å². The Hall–Kier alpha value is -2.87. The van der Waals surface area contributed by atoms with Gasteiger partial charge in [0.25, 0.3) is 0 Å². The SMILES string of the molecule is Cc1ccccc1CC(=O)N1CCN(c2ccc(C)c(C#N)n2)CC1. The average molecular weight is 334 g/mol. The third-order valence-corrected chi connectivity index (χ3v) is 4.75. The molecule has 1 aliphatic heterocycles. The Morgan fingerprint density at radius 2 is 1.80 bits per heavy atom. The molecular formula is C20H22N4O. The summed E-state index contributed by atoms with van der Waals surface area (Å²) in [4.78, 5) is 21.0. The van der Waals surface area contributed by atoms with E-state index in [1.165, 1.54) is 0 Å². The minimum Gasteiger partial charge on any atom is -0.353 e. The number of rotatable bonds is 3. The largest absolute Gasteiger partial charge is 0.353 e. The van der Waals surface area contributed by atoms with E-state index in [0.29, 0.717) is 25.2 Å². The van der Waals surface area contributed by atoms with Crippen LogP contribution in [0.5, 0.6) is 0 Å². The van der Waals surface area contributed by atoms with Gasteiger partial charge < -0.3 is 9.80 Å². The van der Waals surface area contributed by atoms with Gasteiger partial charge >= 0.3 is 0 Å². The van der Waals surface area contributed by atoms with Gasteiger partial charge in [-0.3, -0.25) is 4.79 Å². The van der Waals surface area contributed by atoms with Gasteiger partial charge in [0.1, 0.15) is 17.6 Å². The lowest BCUT2D eigenvalue weighted by atomic mass is 10.1. The number of carbonyl (C=O) groups excluding carboxylic acids is 1. The molecule has 1 aromatic carbocycles. The van der Waals surface area contributed by atoms with Crippen LogP contribution in [0.4, 0.5) is 5.82 Å². The molecule has 0 bridgehead atoms. The first-order valence-electron chi connectivity index (χ1n) is 8.53.